The highest BCUT2D eigenvalue weighted by Crippen LogP contribution is 2.21. The van der Waals surface area contributed by atoms with Gasteiger partial charge in [-0.05, 0) is 59.8 Å². The first kappa shape index (κ1) is 19.1. The fourth-order valence-corrected chi connectivity index (χ4v) is 4.51. The molecule has 140 valence electrons. The molecule has 0 aliphatic rings. The molecular formula is C19H17FN2O3S2. The minimum absolute atomic E-state index is 0.120. The minimum Gasteiger partial charge on any atom is -0.326 e. The number of thiophene rings is 1. The predicted molar refractivity (Wildman–Crippen MR) is 105 cm³/mol. The number of sulfonamides is 1. The van der Waals surface area contributed by atoms with E-state index < -0.39 is 10.0 Å². The van der Waals surface area contributed by atoms with Crippen molar-refractivity contribution >= 4 is 38.6 Å². The molecular weight excluding hydrogens is 387 g/mol. The molecule has 2 N–H and O–H groups in total. The van der Waals surface area contributed by atoms with Crippen molar-refractivity contribution in [3.8, 4) is 0 Å². The largest absolute Gasteiger partial charge is 0.326 e. The third-order valence-corrected chi connectivity index (χ3v) is 6.57. The van der Waals surface area contributed by atoms with Crippen LogP contribution in [0.4, 0.5) is 15.8 Å². The quantitative estimate of drug-likeness (QED) is 0.647. The number of rotatable bonds is 6. The van der Waals surface area contributed by atoms with Crippen LogP contribution < -0.4 is 10.0 Å². The summed E-state index contributed by atoms with van der Waals surface area (Å²) in [4.78, 5) is 12.2. The van der Waals surface area contributed by atoms with Gasteiger partial charge in [-0.15, -0.1) is 11.3 Å². The van der Waals surface area contributed by atoms with Gasteiger partial charge in [-0.1, -0.05) is 18.2 Å². The number of hydrogen-bond donors (Lipinski definition) is 2. The Kier molecular flexibility index (Phi) is 5.57. The number of carbonyl (C=O) groups excluding carboxylic acids is 1. The van der Waals surface area contributed by atoms with E-state index in [-0.39, 0.29) is 22.4 Å². The Morgan fingerprint density at radius 2 is 1.85 bits per heavy atom. The fraction of sp³-hybridized carbons (Fsp3) is 0.105. The molecule has 1 aromatic heterocycles. The van der Waals surface area contributed by atoms with Gasteiger partial charge in [0.15, 0.2) is 0 Å². The van der Waals surface area contributed by atoms with Crippen LogP contribution >= 0.6 is 11.3 Å². The zero-order chi connectivity index (χ0) is 19.4. The molecule has 0 saturated heterocycles. The summed E-state index contributed by atoms with van der Waals surface area (Å²) in [6, 6.07) is 13.9. The number of benzene rings is 2. The van der Waals surface area contributed by atoms with E-state index in [1.165, 1.54) is 24.3 Å². The molecule has 27 heavy (non-hydrogen) atoms. The maximum Gasteiger partial charge on any atom is 0.271 e. The van der Waals surface area contributed by atoms with Crippen LogP contribution in [0.2, 0.25) is 0 Å². The van der Waals surface area contributed by atoms with Gasteiger partial charge in [0.1, 0.15) is 10.0 Å². The standard InChI is InChI=1S/C19H17FN2O3S2/c1-13-11-15(20)6-9-17(13)21-18(23)12-14-4-7-16(8-5-14)22-27(24,25)19-3-2-10-26-19/h2-11,22H,12H2,1H3,(H,21,23). The van der Waals surface area contributed by atoms with Gasteiger partial charge in [-0.25, -0.2) is 12.8 Å². The molecule has 0 atom stereocenters. The number of halogens is 1. The number of anilines is 2. The first-order valence-corrected chi connectivity index (χ1v) is 10.4. The normalized spacial score (nSPS) is 11.2. The summed E-state index contributed by atoms with van der Waals surface area (Å²) in [6.07, 6.45) is 0.120. The van der Waals surface area contributed by atoms with Crippen LogP contribution in [-0.2, 0) is 21.2 Å². The number of carbonyl (C=O) groups is 1. The SMILES string of the molecule is Cc1cc(F)ccc1NC(=O)Cc1ccc(NS(=O)(=O)c2cccs2)cc1. The molecule has 5 nitrogen and oxygen atoms in total. The first-order chi connectivity index (χ1) is 12.8. The van der Waals surface area contributed by atoms with Crippen molar-refractivity contribution in [1.82, 2.24) is 0 Å². The summed E-state index contributed by atoms with van der Waals surface area (Å²) in [5, 5.41) is 4.44. The van der Waals surface area contributed by atoms with Crippen molar-refractivity contribution in [2.24, 2.45) is 0 Å². The summed E-state index contributed by atoms with van der Waals surface area (Å²) in [5.74, 6) is -0.595. The van der Waals surface area contributed by atoms with Crippen molar-refractivity contribution in [2.45, 2.75) is 17.6 Å². The first-order valence-electron chi connectivity index (χ1n) is 8.05. The Morgan fingerprint density at radius 3 is 2.48 bits per heavy atom. The van der Waals surface area contributed by atoms with Gasteiger partial charge in [0.05, 0.1) is 6.42 Å². The Hall–Kier alpha value is -2.71. The van der Waals surface area contributed by atoms with Crippen molar-refractivity contribution in [3.05, 3.63) is 76.9 Å². The second-order valence-electron chi connectivity index (χ2n) is 5.92. The average Bonchev–Trinajstić information content (AvgIpc) is 3.15. The van der Waals surface area contributed by atoms with Gasteiger partial charge in [-0.2, -0.15) is 0 Å². The molecule has 3 rings (SSSR count). The summed E-state index contributed by atoms with van der Waals surface area (Å²) in [6.45, 7) is 1.72. The van der Waals surface area contributed by atoms with E-state index in [2.05, 4.69) is 10.0 Å². The average molecular weight is 404 g/mol. The van der Waals surface area contributed by atoms with E-state index in [1.807, 2.05) is 0 Å². The van der Waals surface area contributed by atoms with Crippen LogP contribution in [0.15, 0.2) is 64.2 Å². The molecule has 8 heteroatoms. The van der Waals surface area contributed by atoms with Crippen molar-refractivity contribution in [2.75, 3.05) is 10.0 Å². The van der Waals surface area contributed by atoms with Crippen molar-refractivity contribution in [3.63, 3.8) is 0 Å². The molecule has 0 radical (unpaired) electrons. The van der Waals surface area contributed by atoms with Gasteiger partial charge in [0.25, 0.3) is 10.0 Å². The van der Waals surface area contributed by atoms with Crippen LogP contribution in [0.25, 0.3) is 0 Å². The predicted octanol–water partition coefficient (Wildman–Crippen LogP) is 4.18. The van der Waals surface area contributed by atoms with Gasteiger partial charge >= 0.3 is 0 Å². The molecule has 2 aromatic carbocycles. The second-order valence-corrected chi connectivity index (χ2v) is 8.78. The van der Waals surface area contributed by atoms with Crippen LogP contribution in [0.1, 0.15) is 11.1 Å². The molecule has 3 aromatic rings. The lowest BCUT2D eigenvalue weighted by atomic mass is 10.1. The number of hydrogen-bond acceptors (Lipinski definition) is 4. The van der Waals surface area contributed by atoms with E-state index >= 15 is 0 Å². The van der Waals surface area contributed by atoms with Gasteiger partial charge in [-0.3, -0.25) is 9.52 Å². The van der Waals surface area contributed by atoms with E-state index in [4.69, 9.17) is 0 Å². The number of aryl methyl sites for hydroxylation is 1. The summed E-state index contributed by atoms with van der Waals surface area (Å²) in [7, 11) is -3.60. The monoisotopic (exact) mass is 404 g/mol. The molecule has 0 aliphatic heterocycles. The minimum atomic E-state index is -3.60. The van der Waals surface area contributed by atoms with Crippen LogP contribution in [0.3, 0.4) is 0 Å². The highest BCUT2D eigenvalue weighted by Gasteiger charge is 2.15. The molecule has 0 fully saturated rings. The lowest BCUT2D eigenvalue weighted by molar-refractivity contribution is -0.115. The van der Waals surface area contributed by atoms with Gasteiger partial charge in [0, 0.05) is 11.4 Å². The van der Waals surface area contributed by atoms with E-state index in [1.54, 1.807) is 42.6 Å². The second kappa shape index (κ2) is 7.89. The van der Waals surface area contributed by atoms with Crippen molar-refractivity contribution in [1.29, 1.82) is 0 Å². The summed E-state index contributed by atoms with van der Waals surface area (Å²) >= 11 is 1.14. The third kappa shape index (κ3) is 4.93. The Bertz CT molecular complexity index is 1050. The van der Waals surface area contributed by atoms with Crippen LogP contribution in [0.5, 0.6) is 0 Å². The Morgan fingerprint density at radius 1 is 1.11 bits per heavy atom. The lowest BCUT2D eigenvalue weighted by Gasteiger charge is -2.09. The lowest BCUT2D eigenvalue weighted by Crippen LogP contribution is -2.15. The highest BCUT2D eigenvalue weighted by molar-refractivity contribution is 7.94. The molecule has 0 aliphatic carbocycles. The highest BCUT2D eigenvalue weighted by atomic mass is 32.2. The van der Waals surface area contributed by atoms with Crippen LogP contribution in [0, 0.1) is 12.7 Å². The van der Waals surface area contributed by atoms with E-state index in [0.29, 0.717) is 16.9 Å². The number of nitrogens with one attached hydrogen (secondary N) is 2. The Balaban J connectivity index is 1.63. The zero-order valence-corrected chi connectivity index (χ0v) is 16.0. The van der Waals surface area contributed by atoms with E-state index in [9.17, 15) is 17.6 Å². The molecule has 0 unspecified atom stereocenters. The van der Waals surface area contributed by atoms with E-state index in [0.717, 1.165) is 16.9 Å². The molecule has 1 heterocycles. The van der Waals surface area contributed by atoms with Crippen molar-refractivity contribution < 1.29 is 17.6 Å². The van der Waals surface area contributed by atoms with Gasteiger partial charge < -0.3 is 5.32 Å². The van der Waals surface area contributed by atoms with Gasteiger partial charge in [0.2, 0.25) is 5.91 Å². The fourth-order valence-electron chi connectivity index (χ4n) is 2.46. The smallest absolute Gasteiger partial charge is 0.271 e. The molecule has 0 spiro atoms. The summed E-state index contributed by atoms with van der Waals surface area (Å²) < 4.78 is 40.2. The molecule has 0 bridgehead atoms. The number of amides is 1. The zero-order valence-electron chi connectivity index (χ0n) is 14.4. The third-order valence-electron chi connectivity index (χ3n) is 3.79. The molecule has 0 saturated carbocycles. The maximum atomic E-state index is 13.1. The maximum absolute atomic E-state index is 13.1. The Labute approximate surface area is 160 Å². The summed E-state index contributed by atoms with van der Waals surface area (Å²) in [5.41, 5.74) is 2.34. The molecule has 1 amide bonds. The topological polar surface area (TPSA) is 75.3 Å². The van der Waals surface area contributed by atoms with Crippen LogP contribution in [-0.4, -0.2) is 14.3 Å².